The first kappa shape index (κ1) is 16.2. The maximum Gasteiger partial charge on any atom is 0.287 e. The lowest BCUT2D eigenvalue weighted by molar-refractivity contribution is -0.118. The molecule has 1 heterocycles. The smallest absolute Gasteiger partial charge is 0.287 e. The van der Waals surface area contributed by atoms with E-state index in [1.807, 2.05) is 30.3 Å². The average molecular weight is 318 g/mol. The highest BCUT2D eigenvalue weighted by Crippen LogP contribution is 2.23. The normalized spacial score (nSPS) is 10.2. The number of benzene rings is 1. The van der Waals surface area contributed by atoms with Gasteiger partial charge in [0.15, 0.2) is 5.76 Å². The molecule has 5 nitrogen and oxygen atoms in total. The molecule has 2 rings (SSSR count). The van der Waals surface area contributed by atoms with Crippen molar-refractivity contribution in [1.29, 1.82) is 0 Å². The van der Waals surface area contributed by atoms with Crippen molar-refractivity contribution < 1.29 is 14.0 Å². The summed E-state index contributed by atoms with van der Waals surface area (Å²) in [6.07, 6.45) is 0. The first-order chi connectivity index (χ1) is 10.6. The van der Waals surface area contributed by atoms with Crippen LogP contribution < -0.4 is 10.6 Å². The maximum absolute atomic E-state index is 11.9. The molecule has 0 atom stereocenters. The van der Waals surface area contributed by atoms with Gasteiger partial charge in [0.1, 0.15) is 5.76 Å². The molecule has 1 aromatic carbocycles. The molecule has 116 valence electrons. The van der Waals surface area contributed by atoms with Crippen molar-refractivity contribution in [3.05, 3.63) is 54.0 Å². The standard InChI is InChI=1S/C16H18N2O3S/c1-12(19)17-9-10-18-16(20)15-8-7-13(21-15)11-22-14-5-3-2-4-6-14/h2-8H,9-11H2,1H3,(H,17,19)(H,18,20). The van der Waals surface area contributed by atoms with Crippen LogP contribution in [0.2, 0.25) is 0 Å². The summed E-state index contributed by atoms with van der Waals surface area (Å²) in [6, 6.07) is 13.5. The molecule has 0 unspecified atom stereocenters. The van der Waals surface area contributed by atoms with Gasteiger partial charge in [0.05, 0.1) is 5.75 Å². The molecule has 2 amide bonds. The van der Waals surface area contributed by atoms with Crippen LogP contribution >= 0.6 is 11.8 Å². The number of rotatable bonds is 7. The summed E-state index contributed by atoms with van der Waals surface area (Å²) in [6.45, 7) is 2.21. The summed E-state index contributed by atoms with van der Waals surface area (Å²) in [7, 11) is 0. The Kier molecular flexibility index (Phi) is 6.09. The van der Waals surface area contributed by atoms with Crippen LogP contribution in [0.1, 0.15) is 23.2 Å². The SMILES string of the molecule is CC(=O)NCCNC(=O)c1ccc(CSc2ccccc2)o1. The molecule has 0 aliphatic rings. The Bertz CT molecular complexity index is 625. The number of hydrogen-bond donors (Lipinski definition) is 2. The second kappa shape index (κ2) is 8.29. The molecule has 2 N–H and O–H groups in total. The molecule has 0 saturated carbocycles. The van der Waals surface area contributed by atoms with Crippen LogP contribution in [0, 0.1) is 0 Å². The topological polar surface area (TPSA) is 71.3 Å². The highest BCUT2D eigenvalue weighted by molar-refractivity contribution is 7.98. The Morgan fingerprint density at radius 1 is 1.05 bits per heavy atom. The molecule has 0 fully saturated rings. The van der Waals surface area contributed by atoms with Gasteiger partial charge in [-0.1, -0.05) is 18.2 Å². The summed E-state index contributed by atoms with van der Waals surface area (Å²) >= 11 is 1.65. The van der Waals surface area contributed by atoms with Gasteiger partial charge in [-0.25, -0.2) is 0 Å². The van der Waals surface area contributed by atoms with E-state index in [1.165, 1.54) is 6.92 Å². The predicted molar refractivity (Wildman–Crippen MR) is 85.7 cm³/mol. The van der Waals surface area contributed by atoms with Gasteiger partial charge in [-0.05, 0) is 24.3 Å². The van der Waals surface area contributed by atoms with Gasteiger partial charge in [-0.2, -0.15) is 0 Å². The van der Waals surface area contributed by atoms with Crippen LogP contribution in [-0.4, -0.2) is 24.9 Å². The van der Waals surface area contributed by atoms with E-state index >= 15 is 0 Å². The Labute approximate surface area is 133 Å². The number of thioether (sulfide) groups is 1. The number of amides is 2. The summed E-state index contributed by atoms with van der Waals surface area (Å²) in [5, 5.41) is 5.30. The van der Waals surface area contributed by atoms with E-state index in [2.05, 4.69) is 10.6 Å². The van der Waals surface area contributed by atoms with Gasteiger partial charge in [0.2, 0.25) is 5.91 Å². The van der Waals surface area contributed by atoms with Crippen LogP contribution in [-0.2, 0) is 10.5 Å². The van der Waals surface area contributed by atoms with Crippen molar-refractivity contribution in [3.8, 4) is 0 Å². The quantitative estimate of drug-likeness (QED) is 0.607. The Morgan fingerprint density at radius 3 is 2.50 bits per heavy atom. The number of nitrogens with one attached hydrogen (secondary N) is 2. The summed E-state index contributed by atoms with van der Waals surface area (Å²) in [5.41, 5.74) is 0. The zero-order valence-corrected chi connectivity index (χ0v) is 13.1. The first-order valence-electron chi connectivity index (χ1n) is 6.94. The highest BCUT2D eigenvalue weighted by Gasteiger charge is 2.10. The third-order valence-electron chi connectivity index (χ3n) is 2.79. The molecule has 0 radical (unpaired) electrons. The van der Waals surface area contributed by atoms with E-state index in [4.69, 9.17) is 4.42 Å². The lowest BCUT2D eigenvalue weighted by Crippen LogP contribution is -2.33. The van der Waals surface area contributed by atoms with Crippen LogP contribution in [0.25, 0.3) is 0 Å². The average Bonchev–Trinajstić information content (AvgIpc) is 2.99. The van der Waals surface area contributed by atoms with Crippen LogP contribution in [0.5, 0.6) is 0 Å². The monoisotopic (exact) mass is 318 g/mol. The van der Waals surface area contributed by atoms with E-state index in [-0.39, 0.29) is 17.6 Å². The second-order valence-corrected chi connectivity index (χ2v) is 5.66. The third-order valence-corrected chi connectivity index (χ3v) is 3.83. The Hall–Kier alpha value is -2.21. The molecule has 2 aromatic rings. The zero-order valence-electron chi connectivity index (χ0n) is 12.3. The lowest BCUT2D eigenvalue weighted by Gasteiger charge is -2.03. The Balaban J connectivity index is 1.78. The molecule has 1 aromatic heterocycles. The van der Waals surface area contributed by atoms with Gasteiger partial charge in [-0.15, -0.1) is 11.8 Å². The van der Waals surface area contributed by atoms with Crippen molar-refractivity contribution in [3.63, 3.8) is 0 Å². The van der Waals surface area contributed by atoms with E-state index in [1.54, 1.807) is 23.9 Å². The number of hydrogen-bond acceptors (Lipinski definition) is 4. The Morgan fingerprint density at radius 2 is 1.77 bits per heavy atom. The van der Waals surface area contributed by atoms with Gasteiger partial charge in [0, 0.05) is 24.9 Å². The lowest BCUT2D eigenvalue weighted by atomic mass is 10.4. The van der Waals surface area contributed by atoms with Crippen molar-refractivity contribution in [2.45, 2.75) is 17.6 Å². The van der Waals surface area contributed by atoms with Crippen LogP contribution in [0.15, 0.2) is 51.8 Å². The summed E-state index contributed by atoms with van der Waals surface area (Å²) in [4.78, 5) is 23.7. The molecule has 22 heavy (non-hydrogen) atoms. The molecule has 0 aliphatic carbocycles. The van der Waals surface area contributed by atoms with E-state index < -0.39 is 0 Å². The molecule has 6 heteroatoms. The number of carbonyl (C=O) groups excluding carboxylic acids is 2. The first-order valence-corrected chi connectivity index (χ1v) is 7.93. The molecule has 0 spiro atoms. The van der Waals surface area contributed by atoms with E-state index in [9.17, 15) is 9.59 Å². The van der Waals surface area contributed by atoms with Crippen molar-refractivity contribution in [1.82, 2.24) is 10.6 Å². The summed E-state index contributed by atoms with van der Waals surface area (Å²) in [5.74, 6) is 1.31. The second-order valence-electron chi connectivity index (χ2n) is 4.61. The fraction of sp³-hybridized carbons (Fsp3) is 0.250. The van der Waals surface area contributed by atoms with Crippen molar-refractivity contribution in [2.24, 2.45) is 0 Å². The van der Waals surface area contributed by atoms with E-state index in [0.717, 1.165) is 10.7 Å². The highest BCUT2D eigenvalue weighted by atomic mass is 32.2. The third kappa shape index (κ3) is 5.29. The summed E-state index contributed by atoms with van der Waals surface area (Å²) < 4.78 is 5.53. The van der Waals surface area contributed by atoms with E-state index in [0.29, 0.717) is 18.8 Å². The molecule has 0 saturated heterocycles. The molecule has 0 bridgehead atoms. The minimum absolute atomic E-state index is 0.118. The molecular weight excluding hydrogens is 300 g/mol. The molecule has 0 aliphatic heterocycles. The number of carbonyl (C=O) groups is 2. The maximum atomic E-state index is 11.9. The van der Waals surface area contributed by atoms with Gasteiger partial charge in [-0.3, -0.25) is 9.59 Å². The zero-order chi connectivity index (χ0) is 15.8. The van der Waals surface area contributed by atoms with Crippen LogP contribution in [0.3, 0.4) is 0 Å². The fourth-order valence-electron chi connectivity index (χ4n) is 1.75. The van der Waals surface area contributed by atoms with Gasteiger partial charge in [0.25, 0.3) is 5.91 Å². The van der Waals surface area contributed by atoms with Crippen LogP contribution in [0.4, 0.5) is 0 Å². The fourth-order valence-corrected chi connectivity index (χ4v) is 2.56. The molecular formula is C16H18N2O3S. The minimum Gasteiger partial charge on any atom is -0.455 e. The largest absolute Gasteiger partial charge is 0.455 e. The van der Waals surface area contributed by atoms with Crippen molar-refractivity contribution in [2.75, 3.05) is 13.1 Å². The van der Waals surface area contributed by atoms with Gasteiger partial charge >= 0.3 is 0 Å². The van der Waals surface area contributed by atoms with Crippen molar-refractivity contribution >= 4 is 23.6 Å². The number of furan rings is 1. The van der Waals surface area contributed by atoms with Gasteiger partial charge < -0.3 is 15.1 Å². The predicted octanol–water partition coefficient (Wildman–Crippen LogP) is 2.44. The minimum atomic E-state index is -0.277.